The van der Waals surface area contributed by atoms with Gasteiger partial charge in [-0.05, 0) is 6.42 Å². The van der Waals surface area contributed by atoms with E-state index in [1.165, 1.54) is 6.20 Å². The van der Waals surface area contributed by atoms with Crippen molar-refractivity contribution in [3.05, 3.63) is 45.8 Å². The van der Waals surface area contributed by atoms with Gasteiger partial charge in [-0.25, -0.2) is 13.5 Å². The highest BCUT2D eigenvalue weighted by Gasteiger charge is 2.24. The number of hydrogen-bond donors (Lipinski definition) is 1. The zero-order valence-electron chi connectivity index (χ0n) is 11.2. The molecule has 2 aromatic rings. The minimum absolute atomic E-state index is 0.384. The monoisotopic (exact) mass is 297 g/mol. The van der Waals surface area contributed by atoms with E-state index in [0.717, 1.165) is 11.1 Å². The van der Waals surface area contributed by atoms with Crippen molar-refractivity contribution < 1.29 is 13.7 Å². The molecule has 1 atom stereocenters. The van der Waals surface area contributed by atoms with Crippen LogP contribution in [-0.4, -0.2) is 19.9 Å². The van der Waals surface area contributed by atoms with Crippen molar-refractivity contribution in [2.75, 3.05) is 0 Å². The Balaban J connectivity index is 2.49. The zero-order chi connectivity index (χ0) is 15.6. The summed E-state index contributed by atoms with van der Waals surface area (Å²) in [6.07, 6.45) is 2.77. The summed E-state index contributed by atoms with van der Waals surface area (Å²) in [6.45, 7) is 1.94. The number of benzene rings is 1. The molecule has 0 spiro atoms. The van der Waals surface area contributed by atoms with Gasteiger partial charge in [0.25, 0.3) is 0 Å². The Morgan fingerprint density at radius 2 is 2.19 bits per heavy atom. The highest BCUT2D eigenvalue weighted by Crippen LogP contribution is 2.27. The van der Waals surface area contributed by atoms with Crippen LogP contribution in [0.4, 0.5) is 14.5 Å². The second kappa shape index (κ2) is 5.92. The van der Waals surface area contributed by atoms with Crippen molar-refractivity contribution in [1.82, 2.24) is 15.0 Å². The fourth-order valence-corrected chi connectivity index (χ4v) is 1.93. The van der Waals surface area contributed by atoms with Crippen molar-refractivity contribution >= 4 is 5.69 Å². The highest BCUT2D eigenvalue weighted by atomic mass is 19.1. The largest absolute Gasteiger partial charge is 0.323 e. The van der Waals surface area contributed by atoms with E-state index < -0.39 is 34.0 Å². The lowest BCUT2D eigenvalue weighted by Gasteiger charge is -2.05. The van der Waals surface area contributed by atoms with Gasteiger partial charge in [0.2, 0.25) is 0 Å². The third kappa shape index (κ3) is 3.02. The van der Waals surface area contributed by atoms with Crippen molar-refractivity contribution in [2.24, 2.45) is 5.73 Å². The number of nitrogens with zero attached hydrogens (tertiary/aromatic N) is 4. The van der Waals surface area contributed by atoms with E-state index in [-0.39, 0.29) is 0 Å². The summed E-state index contributed by atoms with van der Waals surface area (Å²) >= 11 is 0. The predicted molar refractivity (Wildman–Crippen MR) is 69.8 cm³/mol. The molecule has 0 aliphatic carbocycles. The van der Waals surface area contributed by atoms with Gasteiger partial charge in [0.1, 0.15) is 5.82 Å². The van der Waals surface area contributed by atoms with E-state index in [0.29, 0.717) is 24.2 Å². The van der Waals surface area contributed by atoms with E-state index in [1.807, 2.05) is 6.92 Å². The molecule has 0 bridgehead atoms. The zero-order valence-corrected chi connectivity index (χ0v) is 11.2. The molecule has 2 rings (SSSR count). The molecule has 1 unspecified atom stereocenters. The number of aromatic nitrogens is 3. The van der Waals surface area contributed by atoms with Gasteiger partial charge >= 0.3 is 5.69 Å². The van der Waals surface area contributed by atoms with Crippen LogP contribution < -0.4 is 5.73 Å². The molecular weight excluding hydrogens is 284 g/mol. The molecule has 0 aliphatic heterocycles. The number of nitrogens with two attached hydrogens (primary N) is 1. The quantitative estimate of drug-likeness (QED) is 0.674. The van der Waals surface area contributed by atoms with Crippen LogP contribution in [0.15, 0.2) is 18.3 Å². The summed E-state index contributed by atoms with van der Waals surface area (Å²) in [4.78, 5) is 10.0. The predicted octanol–water partition coefficient (Wildman–Crippen LogP) is 2.25. The second-order valence-corrected chi connectivity index (χ2v) is 4.50. The highest BCUT2D eigenvalue weighted by molar-refractivity contribution is 5.53. The average molecular weight is 297 g/mol. The number of hydrogen-bond acceptors (Lipinski definition) is 5. The first-order chi connectivity index (χ1) is 9.93. The lowest BCUT2D eigenvalue weighted by Crippen LogP contribution is -2.10. The van der Waals surface area contributed by atoms with Crippen LogP contribution in [0.2, 0.25) is 0 Å². The Hall–Kier alpha value is -2.42. The van der Waals surface area contributed by atoms with Crippen molar-refractivity contribution in [1.29, 1.82) is 0 Å². The smallest absolute Gasteiger partial charge is 0.300 e. The third-order valence-corrected chi connectivity index (χ3v) is 2.92. The summed E-state index contributed by atoms with van der Waals surface area (Å²) < 4.78 is 27.9. The number of nitro groups is 1. The van der Waals surface area contributed by atoms with Crippen LogP contribution in [0, 0.1) is 21.7 Å². The molecule has 0 radical (unpaired) electrons. The first-order valence-electron chi connectivity index (χ1n) is 6.25. The summed E-state index contributed by atoms with van der Waals surface area (Å²) in [5.41, 5.74) is 5.04. The van der Waals surface area contributed by atoms with Gasteiger partial charge in [0.05, 0.1) is 28.9 Å². The Morgan fingerprint density at radius 1 is 1.48 bits per heavy atom. The van der Waals surface area contributed by atoms with Crippen LogP contribution in [0.5, 0.6) is 0 Å². The molecule has 0 aliphatic rings. The SMILES string of the molecule is CCCC(N)c1cn(-c2c(F)cc(F)cc2[N+](=O)[O-])nn1. The van der Waals surface area contributed by atoms with E-state index in [2.05, 4.69) is 10.3 Å². The average Bonchev–Trinajstić information content (AvgIpc) is 2.87. The molecule has 0 fully saturated rings. The van der Waals surface area contributed by atoms with Gasteiger partial charge in [0, 0.05) is 6.07 Å². The maximum absolute atomic E-state index is 13.9. The molecule has 21 heavy (non-hydrogen) atoms. The standard InChI is InChI=1S/C12H13F2N5O2/c1-2-3-9(15)10-6-18(17-16-10)12-8(14)4-7(13)5-11(12)19(20)21/h4-6,9H,2-3,15H2,1H3. The van der Waals surface area contributed by atoms with Crippen LogP contribution >= 0.6 is 0 Å². The molecular formula is C12H13F2N5O2. The molecule has 1 aromatic heterocycles. The Labute approximate surface area is 118 Å². The van der Waals surface area contributed by atoms with E-state index in [9.17, 15) is 18.9 Å². The fraction of sp³-hybridized carbons (Fsp3) is 0.333. The Bertz CT molecular complexity index is 674. The molecule has 1 aromatic carbocycles. The van der Waals surface area contributed by atoms with Crippen LogP contribution in [0.1, 0.15) is 31.5 Å². The fourth-order valence-electron chi connectivity index (χ4n) is 1.93. The number of nitro benzene ring substituents is 1. The van der Waals surface area contributed by atoms with E-state index in [1.54, 1.807) is 0 Å². The first kappa shape index (κ1) is 15.0. The summed E-state index contributed by atoms with van der Waals surface area (Å²) in [7, 11) is 0. The van der Waals surface area contributed by atoms with Gasteiger partial charge in [-0.2, -0.15) is 0 Å². The van der Waals surface area contributed by atoms with Crippen molar-refractivity contribution in [2.45, 2.75) is 25.8 Å². The van der Waals surface area contributed by atoms with Gasteiger partial charge in [-0.15, -0.1) is 5.10 Å². The molecule has 2 N–H and O–H groups in total. The Kier molecular flexibility index (Phi) is 4.22. The number of halogens is 2. The van der Waals surface area contributed by atoms with Gasteiger partial charge < -0.3 is 5.73 Å². The van der Waals surface area contributed by atoms with Gasteiger partial charge in [-0.3, -0.25) is 10.1 Å². The molecule has 7 nitrogen and oxygen atoms in total. The number of rotatable bonds is 5. The normalized spacial score (nSPS) is 12.4. The second-order valence-electron chi connectivity index (χ2n) is 4.50. The van der Waals surface area contributed by atoms with Crippen molar-refractivity contribution in [3.8, 4) is 5.69 Å². The lowest BCUT2D eigenvalue weighted by molar-refractivity contribution is -0.385. The van der Waals surface area contributed by atoms with Gasteiger partial charge in [0.15, 0.2) is 11.5 Å². The molecule has 0 amide bonds. The lowest BCUT2D eigenvalue weighted by atomic mass is 10.1. The minimum atomic E-state index is -1.10. The molecule has 0 saturated carbocycles. The van der Waals surface area contributed by atoms with Crippen LogP contribution in [0.3, 0.4) is 0 Å². The topological polar surface area (TPSA) is 99.9 Å². The Morgan fingerprint density at radius 3 is 2.81 bits per heavy atom. The molecule has 0 saturated heterocycles. The maximum Gasteiger partial charge on any atom is 0.300 e. The molecule has 112 valence electrons. The van der Waals surface area contributed by atoms with Crippen molar-refractivity contribution in [3.63, 3.8) is 0 Å². The van der Waals surface area contributed by atoms with Crippen LogP contribution in [-0.2, 0) is 0 Å². The van der Waals surface area contributed by atoms with Gasteiger partial charge in [-0.1, -0.05) is 18.6 Å². The van der Waals surface area contributed by atoms with Crippen LogP contribution in [0.25, 0.3) is 5.69 Å². The first-order valence-corrected chi connectivity index (χ1v) is 6.25. The summed E-state index contributed by atoms with van der Waals surface area (Å²) in [5, 5.41) is 18.4. The van der Waals surface area contributed by atoms with E-state index >= 15 is 0 Å². The molecule has 1 heterocycles. The summed E-state index contributed by atoms with van der Waals surface area (Å²) in [6, 6.07) is 0.785. The minimum Gasteiger partial charge on any atom is -0.323 e. The third-order valence-electron chi connectivity index (χ3n) is 2.92. The maximum atomic E-state index is 13.9. The summed E-state index contributed by atoms with van der Waals surface area (Å²) in [5.74, 6) is -2.13. The van der Waals surface area contributed by atoms with E-state index in [4.69, 9.17) is 5.73 Å². The molecule has 9 heteroatoms.